The van der Waals surface area contributed by atoms with Gasteiger partial charge in [0.05, 0.1) is 31.0 Å². The Labute approximate surface area is 132 Å². The first-order valence-corrected chi connectivity index (χ1v) is 6.94. The Bertz CT molecular complexity index is 656. The van der Waals surface area contributed by atoms with Crippen LogP contribution in [0.2, 0.25) is 5.15 Å². The monoisotopic (exact) mass is 322 g/mol. The molecule has 0 aliphatic heterocycles. The Balaban J connectivity index is 2.10. The molecular formula is C13H17ClN7O+. The number of amides is 1. The van der Waals surface area contributed by atoms with Crippen LogP contribution in [0.25, 0.3) is 5.69 Å². The van der Waals surface area contributed by atoms with Gasteiger partial charge in [0.2, 0.25) is 12.2 Å². The van der Waals surface area contributed by atoms with E-state index in [2.05, 4.69) is 20.5 Å². The first kappa shape index (κ1) is 15.9. The predicted molar refractivity (Wildman–Crippen MR) is 83.6 cm³/mol. The maximum atomic E-state index is 12.1. The van der Waals surface area contributed by atoms with E-state index in [1.165, 1.54) is 11.2 Å². The highest BCUT2D eigenvalue weighted by atomic mass is 35.5. The summed E-state index contributed by atoms with van der Waals surface area (Å²) in [6.07, 6.45) is 6.78. The summed E-state index contributed by atoms with van der Waals surface area (Å²) in [6.45, 7) is 0.460. The zero-order valence-corrected chi connectivity index (χ0v) is 12.8. The Morgan fingerprint density at radius 2 is 2.45 bits per heavy atom. The first-order valence-electron chi connectivity index (χ1n) is 6.57. The van der Waals surface area contributed by atoms with Crippen molar-refractivity contribution in [3.05, 3.63) is 35.9 Å². The molecule has 2 aromatic rings. The molecule has 22 heavy (non-hydrogen) atoms. The molecule has 4 N–H and O–H groups in total. The molecule has 116 valence electrons. The predicted octanol–water partition coefficient (Wildman–Crippen LogP) is -1.15. The topological polar surface area (TPSA) is 103 Å². The molecule has 0 aliphatic rings. The zero-order valence-electron chi connectivity index (χ0n) is 12.0. The highest BCUT2D eigenvalue weighted by molar-refractivity contribution is 6.32. The average molecular weight is 323 g/mol. The number of pyridine rings is 1. The van der Waals surface area contributed by atoms with Gasteiger partial charge in [-0.1, -0.05) is 11.6 Å². The van der Waals surface area contributed by atoms with Crippen LogP contribution in [-0.2, 0) is 4.79 Å². The Morgan fingerprint density at radius 3 is 3.14 bits per heavy atom. The largest absolute Gasteiger partial charge is 0.311 e. The number of aromatic nitrogens is 3. The number of carbonyl (C=O) groups excluding carboxylic acids is 1. The van der Waals surface area contributed by atoms with E-state index in [9.17, 15) is 4.79 Å². The number of hydrogen-bond donors (Lipinski definition) is 3. The van der Waals surface area contributed by atoms with Crippen molar-refractivity contribution in [3.63, 3.8) is 0 Å². The highest BCUT2D eigenvalue weighted by Crippen LogP contribution is 2.25. The molecule has 2 heterocycles. The van der Waals surface area contributed by atoms with Gasteiger partial charge in [0.15, 0.2) is 5.15 Å². The first-order chi connectivity index (χ1) is 10.6. The van der Waals surface area contributed by atoms with Crippen LogP contribution in [0, 0.1) is 0 Å². The van der Waals surface area contributed by atoms with E-state index < -0.39 is 0 Å². The van der Waals surface area contributed by atoms with Gasteiger partial charge in [-0.3, -0.25) is 14.8 Å². The summed E-state index contributed by atoms with van der Waals surface area (Å²) in [4.78, 5) is 20.5. The molecule has 0 bridgehead atoms. The van der Waals surface area contributed by atoms with Crippen molar-refractivity contribution in [1.29, 1.82) is 0 Å². The second-order valence-corrected chi connectivity index (χ2v) is 4.79. The Kier molecular flexibility index (Phi) is 5.45. The highest BCUT2D eigenvalue weighted by Gasteiger charge is 2.17. The molecular weight excluding hydrogens is 306 g/mol. The molecule has 2 rings (SSSR count). The van der Waals surface area contributed by atoms with Gasteiger partial charge in [-0.05, 0) is 12.1 Å². The van der Waals surface area contributed by atoms with E-state index in [1.54, 1.807) is 36.4 Å². The fourth-order valence-electron chi connectivity index (χ4n) is 1.80. The summed E-state index contributed by atoms with van der Waals surface area (Å²) in [5.74, 6) is 4.99. The molecule has 0 aromatic carbocycles. The normalized spacial score (nSPS) is 10.9. The van der Waals surface area contributed by atoms with Crippen molar-refractivity contribution in [1.82, 2.24) is 20.2 Å². The number of nitrogens with one attached hydrogen (secondary N) is 2. The maximum absolute atomic E-state index is 12.1. The molecule has 0 saturated carbocycles. The lowest BCUT2D eigenvalue weighted by atomic mass is 10.3. The van der Waals surface area contributed by atoms with Crippen LogP contribution in [0.3, 0.4) is 0 Å². The van der Waals surface area contributed by atoms with Crippen molar-refractivity contribution < 1.29 is 9.79 Å². The third-order valence-electron chi connectivity index (χ3n) is 2.97. The number of anilines is 1. The molecule has 0 fully saturated rings. The Morgan fingerprint density at radius 1 is 1.64 bits per heavy atom. The second kappa shape index (κ2) is 7.53. The lowest BCUT2D eigenvalue weighted by molar-refractivity contribution is -0.452. The van der Waals surface area contributed by atoms with E-state index in [-0.39, 0.29) is 11.1 Å². The van der Waals surface area contributed by atoms with E-state index in [4.69, 9.17) is 17.4 Å². The summed E-state index contributed by atoms with van der Waals surface area (Å²) in [5.41, 5.74) is 3.64. The molecule has 0 radical (unpaired) electrons. The van der Waals surface area contributed by atoms with Gasteiger partial charge >= 0.3 is 0 Å². The van der Waals surface area contributed by atoms with E-state index in [0.29, 0.717) is 18.7 Å². The molecule has 2 aromatic heterocycles. The SMILES string of the molecule is CN(C(=O)CC[NH+]=CNN)c1cn(-c2cccnc2)nc1Cl. The van der Waals surface area contributed by atoms with Crippen LogP contribution in [-0.4, -0.2) is 40.6 Å². The summed E-state index contributed by atoms with van der Waals surface area (Å²) >= 11 is 6.12. The van der Waals surface area contributed by atoms with Crippen LogP contribution in [0.1, 0.15) is 6.42 Å². The van der Waals surface area contributed by atoms with Crippen LogP contribution in [0.15, 0.2) is 30.7 Å². The van der Waals surface area contributed by atoms with Gasteiger partial charge in [0.1, 0.15) is 5.69 Å². The fourth-order valence-corrected chi connectivity index (χ4v) is 2.06. The smallest absolute Gasteiger partial charge is 0.247 e. The molecule has 0 atom stereocenters. The van der Waals surface area contributed by atoms with Crippen molar-refractivity contribution in [2.24, 2.45) is 5.84 Å². The summed E-state index contributed by atoms with van der Waals surface area (Å²) in [6, 6.07) is 3.65. The number of halogens is 1. The van der Waals surface area contributed by atoms with Crippen LogP contribution in [0.4, 0.5) is 5.69 Å². The third kappa shape index (κ3) is 3.80. The number of hydrazine groups is 1. The quantitative estimate of drug-likeness (QED) is 0.270. The average Bonchev–Trinajstić information content (AvgIpc) is 2.93. The van der Waals surface area contributed by atoms with Crippen molar-refractivity contribution >= 4 is 29.5 Å². The van der Waals surface area contributed by atoms with E-state index >= 15 is 0 Å². The maximum Gasteiger partial charge on any atom is 0.247 e. The van der Waals surface area contributed by atoms with Gasteiger partial charge in [0.25, 0.3) is 0 Å². The van der Waals surface area contributed by atoms with Gasteiger partial charge in [-0.15, -0.1) is 0 Å². The number of nitrogens with zero attached hydrogens (tertiary/aromatic N) is 4. The summed E-state index contributed by atoms with van der Waals surface area (Å²) < 4.78 is 1.58. The minimum Gasteiger partial charge on any atom is -0.311 e. The van der Waals surface area contributed by atoms with Crippen LogP contribution in [0.5, 0.6) is 0 Å². The number of rotatable bonds is 6. The standard InChI is InChI=1S/C13H16ClN7O/c1-20(12(22)4-6-17-9-18-15)11-8-21(19-13(11)14)10-3-2-5-16-7-10/h2-3,5,7-9H,4,6,15H2,1H3,(H,17,18)/p+1. The molecule has 0 aliphatic carbocycles. The lowest BCUT2D eigenvalue weighted by Gasteiger charge is -2.14. The molecule has 8 nitrogen and oxygen atoms in total. The minimum atomic E-state index is -0.0921. The molecule has 9 heteroatoms. The van der Waals surface area contributed by atoms with Crippen molar-refractivity contribution in [2.45, 2.75) is 6.42 Å². The minimum absolute atomic E-state index is 0.0921. The summed E-state index contributed by atoms with van der Waals surface area (Å²) in [5, 5.41) is 4.45. The number of hydrogen-bond acceptors (Lipinski definition) is 4. The summed E-state index contributed by atoms with van der Waals surface area (Å²) in [7, 11) is 1.66. The van der Waals surface area contributed by atoms with E-state index in [0.717, 1.165) is 5.69 Å². The van der Waals surface area contributed by atoms with Crippen LogP contribution >= 0.6 is 11.6 Å². The third-order valence-corrected chi connectivity index (χ3v) is 3.24. The number of nitrogens with two attached hydrogens (primary N) is 1. The van der Waals surface area contributed by atoms with Gasteiger partial charge in [-0.2, -0.15) is 10.9 Å². The van der Waals surface area contributed by atoms with Crippen LogP contribution < -0.4 is 21.2 Å². The fraction of sp³-hybridized carbons (Fsp3) is 0.231. The van der Waals surface area contributed by atoms with Gasteiger partial charge < -0.3 is 4.90 Å². The lowest BCUT2D eigenvalue weighted by Crippen LogP contribution is -2.72. The van der Waals surface area contributed by atoms with Gasteiger partial charge in [-0.25, -0.2) is 10.1 Å². The van der Waals surface area contributed by atoms with E-state index in [1.807, 2.05) is 6.07 Å². The Hall–Kier alpha value is -2.45. The van der Waals surface area contributed by atoms with Gasteiger partial charge in [0, 0.05) is 13.2 Å². The van der Waals surface area contributed by atoms with Crippen molar-refractivity contribution in [2.75, 3.05) is 18.5 Å². The molecule has 0 saturated heterocycles. The second-order valence-electron chi connectivity index (χ2n) is 4.43. The number of carbonyl (C=O) groups is 1. The van der Waals surface area contributed by atoms with Crippen molar-refractivity contribution in [3.8, 4) is 5.69 Å². The molecule has 0 unspecified atom stereocenters. The molecule has 0 spiro atoms. The molecule has 1 amide bonds. The zero-order chi connectivity index (χ0) is 15.9.